The van der Waals surface area contributed by atoms with E-state index in [9.17, 15) is 0 Å². The lowest BCUT2D eigenvalue weighted by atomic mass is 9.82. The fraction of sp³-hybridized carbons (Fsp3) is 0.875. The van der Waals surface area contributed by atoms with Gasteiger partial charge in [0.05, 0.1) is 0 Å². The second-order valence-electron chi connectivity index (χ2n) is 5.85. The quantitative estimate of drug-likeness (QED) is 0.487. The van der Waals surface area contributed by atoms with Gasteiger partial charge in [-0.3, -0.25) is 0 Å². The summed E-state index contributed by atoms with van der Waals surface area (Å²) in [6.45, 7) is 16.3. The zero-order chi connectivity index (χ0) is 12.7. The molecular formula is C16H32. The van der Waals surface area contributed by atoms with Crippen LogP contribution in [0.25, 0.3) is 0 Å². The van der Waals surface area contributed by atoms with Crippen LogP contribution in [0.5, 0.6) is 0 Å². The maximum absolute atomic E-state index is 2.37. The first-order chi connectivity index (χ1) is 7.43. The molecule has 0 aromatic heterocycles. The van der Waals surface area contributed by atoms with E-state index in [-0.39, 0.29) is 0 Å². The third kappa shape index (κ3) is 5.18. The SMILES string of the molecule is CC=C(CCC(CC)C(C)C)C(C)C(C)C. The minimum atomic E-state index is 0.745. The van der Waals surface area contributed by atoms with Crippen molar-refractivity contribution >= 4 is 0 Å². The van der Waals surface area contributed by atoms with Crippen molar-refractivity contribution in [2.24, 2.45) is 23.7 Å². The zero-order valence-electron chi connectivity index (χ0n) is 12.5. The van der Waals surface area contributed by atoms with Gasteiger partial charge in [0.1, 0.15) is 0 Å². The normalized spacial score (nSPS) is 16.9. The summed E-state index contributed by atoms with van der Waals surface area (Å²) < 4.78 is 0. The summed E-state index contributed by atoms with van der Waals surface area (Å²) >= 11 is 0. The largest absolute Gasteiger partial charge is 0.0882 e. The highest BCUT2D eigenvalue weighted by Crippen LogP contribution is 2.28. The molecule has 2 unspecified atom stereocenters. The summed E-state index contributed by atoms with van der Waals surface area (Å²) in [5.41, 5.74) is 1.66. The summed E-state index contributed by atoms with van der Waals surface area (Å²) in [7, 11) is 0. The molecule has 0 nitrogen and oxygen atoms in total. The van der Waals surface area contributed by atoms with Crippen LogP contribution in [0, 0.1) is 23.7 Å². The van der Waals surface area contributed by atoms with Gasteiger partial charge in [-0.15, -0.1) is 0 Å². The smallest absolute Gasteiger partial charge is 0.0209 e. The minimum Gasteiger partial charge on any atom is -0.0882 e. The second-order valence-corrected chi connectivity index (χ2v) is 5.85. The summed E-state index contributed by atoms with van der Waals surface area (Å²) in [6.07, 6.45) is 6.33. The lowest BCUT2D eigenvalue weighted by molar-refractivity contribution is 0.340. The van der Waals surface area contributed by atoms with Gasteiger partial charge < -0.3 is 0 Å². The molecule has 0 aliphatic carbocycles. The van der Waals surface area contributed by atoms with Crippen molar-refractivity contribution in [2.45, 2.75) is 67.7 Å². The molecule has 96 valence electrons. The van der Waals surface area contributed by atoms with E-state index in [2.05, 4.69) is 54.5 Å². The molecule has 0 spiro atoms. The minimum absolute atomic E-state index is 0.745. The predicted octanol–water partition coefficient (Wildman–Crippen LogP) is 5.69. The first kappa shape index (κ1) is 15.7. The molecule has 0 aromatic carbocycles. The molecule has 0 saturated carbocycles. The molecule has 0 N–H and O–H groups in total. The van der Waals surface area contributed by atoms with Crippen LogP contribution in [0.4, 0.5) is 0 Å². The zero-order valence-corrected chi connectivity index (χ0v) is 12.5. The third-order valence-corrected chi connectivity index (χ3v) is 4.23. The van der Waals surface area contributed by atoms with Crippen LogP contribution in [0.15, 0.2) is 11.6 Å². The number of rotatable bonds is 7. The monoisotopic (exact) mass is 224 g/mol. The molecule has 0 aliphatic heterocycles. The molecule has 0 heteroatoms. The molecule has 0 rings (SSSR count). The summed E-state index contributed by atoms with van der Waals surface area (Å²) in [5.74, 6) is 3.24. The van der Waals surface area contributed by atoms with Gasteiger partial charge in [-0.1, -0.05) is 59.6 Å². The maximum atomic E-state index is 2.37. The van der Waals surface area contributed by atoms with Crippen molar-refractivity contribution in [3.05, 3.63) is 11.6 Å². The highest BCUT2D eigenvalue weighted by molar-refractivity contribution is 5.05. The highest BCUT2D eigenvalue weighted by Gasteiger charge is 2.15. The lowest BCUT2D eigenvalue weighted by Gasteiger charge is -2.23. The Kier molecular flexibility index (Phi) is 7.80. The number of allylic oxidation sites excluding steroid dienone is 2. The molecule has 0 radical (unpaired) electrons. The Balaban J connectivity index is 4.25. The molecule has 16 heavy (non-hydrogen) atoms. The molecule has 0 fully saturated rings. The van der Waals surface area contributed by atoms with Gasteiger partial charge in [0.2, 0.25) is 0 Å². The van der Waals surface area contributed by atoms with E-state index in [0.29, 0.717) is 0 Å². The van der Waals surface area contributed by atoms with Gasteiger partial charge in [-0.05, 0) is 43.4 Å². The molecule has 0 saturated heterocycles. The van der Waals surface area contributed by atoms with E-state index in [1.54, 1.807) is 5.57 Å². The average Bonchev–Trinajstić information content (AvgIpc) is 2.23. The summed E-state index contributed by atoms with van der Waals surface area (Å²) in [5, 5.41) is 0. The molecule has 2 atom stereocenters. The Hall–Kier alpha value is -0.260. The molecule has 0 bridgehead atoms. The Bertz CT molecular complexity index is 198. The molecule has 0 aromatic rings. The maximum Gasteiger partial charge on any atom is -0.0209 e. The van der Waals surface area contributed by atoms with Crippen molar-refractivity contribution in [2.75, 3.05) is 0 Å². The fourth-order valence-corrected chi connectivity index (χ4v) is 2.42. The Morgan fingerprint density at radius 3 is 1.88 bits per heavy atom. The van der Waals surface area contributed by atoms with Gasteiger partial charge >= 0.3 is 0 Å². The van der Waals surface area contributed by atoms with Gasteiger partial charge in [-0.2, -0.15) is 0 Å². The Morgan fingerprint density at radius 1 is 1.00 bits per heavy atom. The Labute approximate surface area is 104 Å². The first-order valence-corrected chi connectivity index (χ1v) is 7.09. The van der Waals surface area contributed by atoms with Crippen molar-refractivity contribution in [1.29, 1.82) is 0 Å². The van der Waals surface area contributed by atoms with E-state index in [1.165, 1.54) is 19.3 Å². The summed E-state index contributed by atoms with van der Waals surface area (Å²) in [4.78, 5) is 0. The predicted molar refractivity (Wildman–Crippen MR) is 75.6 cm³/mol. The second kappa shape index (κ2) is 7.92. The van der Waals surface area contributed by atoms with Crippen LogP contribution in [-0.4, -0.2) is 0 Å². The third-order valence-electron chi connectivity index (χ3n) is 4.23. The Morgan fingerprint density at radius 2 is 1.56 bits per heavy atom. The average molecular weight is 224 g/mol. The molecule has 0 heterocycles. The standard InChI is InChI=1S/C16H32/c1-8-15(13(5)6)10-11-16(9-2)14(7)12(3)4/h9,12-15H,8,10-11H2,1-7H3. The van der Waals surface area contributed by atoms with E-state index < -0.39 is 0 Å². The number of hydrogen-bond donors (Lipinski definition) is 0. The van der Waals surface area contributed by atoms with Gasteiger partial charge in [-0.25, -0.2) is 0 Å². The lowest BCUT2D eigenvalue weighted by Crippen LogP contribution is -2.12. The molecular weight excluding hydrogens is 192 g/mol. The fourth-order valence-electron chi connectivity index (χ4n) is 2.42. The van der Waals surface area contributed by atoms with Crippen LogP contribution in [0.3, 0.4) is 0 Å². The van der Waals surface area contributed by atoms with Crippen molar-refractivity contribution in [3.63, 3.8) is 0 Å². The number of hydrogen-bond acceptors (Lipinski definition) is 0. The molecule has 0 amide bonds. The highest BCUT2D eigenvalue weighted by atomic mass is 14.2. The first-order valence-electron chi connectivity index (χ1n) is 7.09. The van der Waals surface area contributed by atoms with Crippen molar-refractivity contribution in [3.8, 4) is 0 Å². The van der Waals surface area contributed by atoms with E-state index >= 15 is 0 Å². The van der Waals surface area contributed by atoms with E-state index in [4.69, 9.17) is 0 Å². The van der Waals surface area contributed by atoms with Gasteiger partial charge in [0, 0.05) is 0 Å². The van der Waals surface area contributed by atoms with E-state index in [0.717, 1.165) is 23.7 Å². The van der Waals surface area contributed by atoms with Gasteiger partial charge in [0.25, 0.3) is 0 Å². The van der Waals surface area contributed by atoms with Gasteiger partial charge in [0.15, 0.2) is 0 Å². The van der Waals surface area contributed by atoms with E-state index in [1.807, 2.05) is 0 Å². The molecule has 0 aliphatic rings. The topological polar surface area (TPSA) is 0 Å². The van der Waals surface area contributed by atoms with Crippen LogP contribution in [0.1, 0.15) is 67.7 Å². The van der Waals surface area contributed by atoms with Crippen LogP contribution in [0.2, 0.25) is 0 Å². The van der Waals surface area contributed by atoms with Crippen molar-refractivity contribution in [1.82, 2.24) is 0 Å². The van der Waals surface area contributed by atoms with Crippen molar-refractivity contribution < 1.29 is 0 Å². The van der Waals surface area contributed by atoms with Crippen LogP contribution in [-0.2, 0) is 0 Å². The summed E-state index contributed by atoms with van der Waals surface area (Å²) in [6, 6.07) is 0. The van der Waals surface area contributed by atoms with Crippen LogP contribution >= 0.6 is 0 Å². The van der Waals surface area contributed by atoms with Crippen LogP contribution < -0.4 is 0 Å².